The number of halogens is 1. The van der Waals surface area contributed by atoms with Crippen LogP contribution >= 0.6 is 15.9 Å². The molecule has 0 spiro atoms. The van der Waals surface area contributed by atoms with Gasteiger partial charge < -0.3 is 10.2 Å². The van der Waals surface area contributed by atoms with Crippen molar-refractivity contribution in [2.75, 3.05) is 16.8 Å². The molecule has 2 rings (SSSR count). The van der Waals surface area contributed by atoms with E-state index in [9.17, 15) is 9.59 Å². The number of alkyl halides is 1. The van der Waals surface area contributed by atoms with E-state index in [0.717, 1.165) is 30.5 Å². The lowest BCUT2D eigenvalue weighted by Crippen LogP contribution is -2.37. The topological polar surface area (TPSA) is 49.4 Å². The Hall–Kier alpha value is -1.36. The van der Waals surface area contributed by atoms with E-state index in [0.29, 0.717) is 11.9 Å². The van der Waals surface area contributed by atoms with Crippen LogP contribution in [0.25, 0.3) is 0 Å². The molecule has 0 aromatic heterocycles. The SMILES string of the molecule is CCCCc1ccc2c(c1)[C@H](NC(C)=O)C(=O)N2CCBr. The number of amides is 2. The zero-order chi connectivity index (χ0) is 15.4. The molecule has 1 heterocycles. The fraction of sp³-hybridized carbons (Fsp3) is 0.500. The fourth-order valence-electron chi connectivity index (χ4n) is 2.68. The Morgan fingerprint density at radius 2 is 2.19 bits per heavy atom. The van der Waals surface area contributed by atoms with E-state index in [4.69, 9.17) is 0 Å². The van der Waals surface area contributed by atoms with Gasteiger partial charge in [0, 0.05) is 30.0 Å². The second-order valence-electron chi connectivity index (χ2n) is 5.31. The summed E-state index contributed by atoms with van der Waals surface area (Å²) in [5.74, 6) is -0.230. The summed E-state index contributed by atoms with van der Waals surface area (Å²) in [4.78, 5) is 25.6. The predicted molar refractivity (Wildman–Crippen MR) is 87.8 cm³/mol. The third-order valence-corrected chi connectivity index (χ3v) is 4.04. The summed E-state index contributed by atoms with van der Waals surface area (Å²) in [6, 6.07) is 5.61. The van der Waals surface area contributed by atoms with Crippen LogP contribution in [-0.4, -0.2) is 23.7 Å². The average molecular weight is 353 g/mol. The van der Waals surface area contributed by atoms with Gasteiger partial charge in [-0.1, -0.05) is 41.4 Å². The van der Waals surface area contributed by atoms with Crippen LogP contribution in [0.3, 0.4) is 0 Å². The summed E-state index contributed by atoms with van der Waals surface area (Å²) >= 11 is 3.38. The molecule has 5 heteroatoms. The fourth-order valence-corrected chi connectivity index (χ4v) is 3.04. The molecular formula is C16H21BrN2O2. The van der Waals surface area contributed by atoms with E-state index in [2.05, 4.69) is 40.3 Å². The number of carbonyl (C=O) groups is 2. The summed E-state index contributed by atoms with van der Waals surface area (Å²) in [5.41, 5.74) is 3.06. The van der Waals surface area contributed by atoms with Gasteiger partial charge in [0.15, 0.2) is 0 Å². The van der Waals surface area contributed by atoms with E-state index in [1.807, 2.05) is 6.07 Å². The Labute approximate surface area is 134 Å². The van der Waals surface area contributed by atoms with Gasteiger partial charge in [-0.3, -0.25) is 9.59 Å². The molecule has 0 fully saturated rings. The number of hydrogen-bond donors (Lipinski definition) is 1. The van der Waals surface area contributed by atoms with Gasteiger partial charge in [0.2, 0.25) is 5.91 Å². The van der Waals surface area contributed by atoms with Gasteiger partial charge in [0.25, 0.3) is 5.91 Å². The van der Waals surface area contributed by atoms with Crippen molar-refractivity contribution in [2.24, 2.45) is 0 Å². The number of unbranched alkanes of at least 4 members (excludes halogenated alkanes) is 1. The van der Waals surface area contributed by atoms with E-state index < -0.39 is 6.04 Å². The van der Waals surface area contributed by atoms with Crippen molar-refractivity contribution >= 4 is 33.4 Å². The standard InChI is InChI=1S/C16H21BrN2O2/c1-3-4-5-12-6-7-14-13(10-12)15(18-11(2)20)16(21)19(14)9-8-17/h6-7,10,15H,3-5,8-9H2,1-2H3,(H,18,20)/t15-/m0/s1. The molecular weight excluding hydrogens is 332 g/mol. The van der Waals surface area contributed by atoms with Crippen molar-refractivity contribution in [1.29, 1.82) is 0 Å². The maximum atomic E-state index is 12.5. The maximum Gasteiger partial charge on any atom is 0.254 e. The number of nitrogens with one attached hydrogen (secondary N) is 1. The first-order valence-electron chi connectivity index (χ1n) is 7.35. The molecule has 21 heavy (non-hydrogen) atoms. The highest BCUT2D eigenvalue weighted by Gasteiger charge is 2.37. The number of rotatable bonds is 6. The Bertz CT molecular complexity index is 545. The van der Waals surface area contributed by atoms with Crippen LogP contribution in [0.4, 0.5) is 5.69 Å². The van der Waals surface area contributed by atoms with Crippen molar-refractivity contribution in [1.82, 2.24) is 5.32 Å². The molecule has 0 saturated carbocycles. The first kappa shape index (κ1) is 16.0. The zero-order valence-corrected chi connectivity index (χ0v) is 14.1. The van der Waals surface area contributed by atoms with E-state index in [1.165, 1.54) is 12.5 Å². The lowest BCUT2D eigenvalue weighted by molar-refractivity contribution is -0.126. The summed E-state index contributed by atoms with van der Waals surface area (Å²) in [6.07, 6.45) is 3.27. The second kappa shape index (κ2) is 7.07. The van der Waals surface area contributed by atoms with Crippen LogP contribution in [0.5, 0.6) is 0 Å². The van der Waals surface area contributed by atoms with Gasteiger partial charge in [-0.05, 0) is 24.5 Å². The molecule has 1 atom stereocenters. The molecule has 1 aromatic carbocycles. The molecule has 0 saturated heterocycles. The van der Waals surface area contributed by atoms with Crippen molar-refractivity contribution < 1.29 is 9.59 Å². The normalized spacial score (nSPS) is 17.0. The first-order valence-corrected chi connectivity index (χ1v) is 8.48. The third-order valence-electron chi connectivity index (χ3n) is 3.68. The van der Waals surface area contributed by atoms with E-state index in [1.54, 1.807) is 4.90 Å². The quantitative estimate of drug-likeness (QED) is 0.800. The third kappa shape index (κ3) is 3.46. The Morgan fingerprint density at radius 1 is 1.43 bits per heavy atom. The molecule has 0 aliphatic carbocycles. The van der Waals surface area contributed by atoms with Gasteiger partial charge in [-0.25, -0.2) is 0 Å². The molecule has 0 unspecified atom stereocenters. The summed E-state index contributed by atoms with van der Waals surface area (Å²) in [5, 5.41) is 3.48. The van der Waals surface area contributed by atoms with E-state index >= 15 is 0 Å². The minimum Gasteiger partial charge on any atom is -0.341 e. The number of fused-ring (bicyclic) bond motifs is 1. The number of aryl methyl sites for hydroxylation is 1. The molecule has 1 aliphatic rings. The van der Waals surface area contributed by atoms with Crippen LogP contribution in [0.2, 0.25) is 0 Å². The number of hydrogen-bond acceptors (Lipinski definition) is 2. The zero-order valence-electron chi connectivity index (χ0n) is 12.5. The van der Waals surface area contributed by atoms with Gasteiger partial charge in [-0.15, -0.1) is 0 Å². The summed E-state index contributed by atoms with van der Waals surface area (Å²) in [7, 11) is 0. The lowest BCUT2D eigenvalue weighted by atomic mass is 10.0. The number of nitrogens with zero attached hydrogens (tertiary/aromatic N) is 1. The molecule has 1 aromatic rings. The molecule has 114 valence electrons. The highest BCUT2D eigenvalue weighted by molar-refractivity contribution is 9.09. The second-order valence-corrected chi connectivity index (χ2v) is 6.10. The predicted octanol–water partition coefficient (Wildman–Crippen LogP) is 2.95. The Balaban J connectivity index is 2.35. The van der Waals surface area contributed by atoms with Crippen molar-refractivity contribution in [3.05, 3.63) is 29.3 Å². The van der Waals surface area contributed by atoms with Crippen LogP contribution in [0, 0.1) is 0 Å². The van der Waals surface area contributed by atoms with Gasteiger partial charge in [0.1, 0.15) is 6.04 Å². The lowest BCUT2D eigenvalue weighted by Gasteiger charge is -2.16. The average Bonchev–Trinajstić information content (AvgIpc) is 2.70. The Kier molecular flexibility index (Phi) is 5.39. The van der Waals surface area contributed by atoms with Crippen molar-refractivity contribution in [3.63, 3.8) is 0 Å². The van der Waals surface area contributed by atoms with Gasteiger partial charge >= 0.3 is 0 Å². The number of benzene rings is 1. The Morgan fingerprint density at radius 3 is 2.81 bits per heavy atom. The summed E-state index contributed by atoms with van der Waals surface area (Å²) in [6.45, 7) is 4.21. The summed E-state index contributed by atoms with van der Waals surface area (Å²) < 4.78 is 0. The van der Waals surface area contributed by atoms with Gasteiger partial charge in [0.05, 0.1) is 0 Å². The van der Waals surface area contributed by atoms with E-state index in [-0.39, 0.29) is 11.8 Å². The van der Waals surface area contributed by atoms with Crippen LogP contribution in [0.15, 0.2) is 18.2 Å². The van der Waals surface area contributed by atoms with Crippen LogP contribution < -0.4 is 10.2 Å². The van der Waals surface area contributed by atoms with Crippen molar-refractivity contribution in [3.8, 4) is 0 Å². The molecule has 4 nitrogen and oxygen atoms in total. The van der Waals surface area contributed by atoms with Crippen LogP contribution in [-0.2, 0) is 16.0 Å². The maximum absolute atomic E-state index is 12.5. The van der Waals surface area contributed by atoms with Gasteiger partial charge in [-0.2, -0.15) is 0 Å². The number of carbonyl (C=O) groups excluding carboxylic acids is 2. The largest absolute Gasteiger partial charge is 0.341 e. The molecule has 1 N–H and O–H groups in total. The number of anilines is 1. The minimum absolute atomic E-state index is 0.0488. The monoisotopic (exact) mass is 352 g/mol. The molecule has 0 radical (unpaired) electrons. The van der Waals surface area contributed by atoms with Crippen LogP contribution in [0.1, 0.15) is 43.9 Å². The first-order chi connectivity index (χ1) is 10.1. The highest BCUT2D eigenvalue weighted by Crippen LogP contribution is 2.36. The molecule has 0 bridgehead atoms. The minimum atomic E-state index is -0.543. The smallest absolute Gasteiger partial charge is 0.254 e. The molecule has 1 aliphatic heterocycles. The molecule has 2 amide bonds. The highest BCUT2D eigenvalue weighted by atomic mass is 79.9. The van der Waals surface area contributed by atoms with Crippen molar-refractivity contribution in [2.45, 2.75) is 39.2 Å².